The maximum Gasteiger partial charge on any atom is 0.348 e. The molecule has 0 atom stereocenters. The van der Waals surface area contributed by atoms with E-state index in [1.54, 1.807) is 35.7 Å². The highest BCUT2D eigenvalue weighted by atomic mass is 32.3. The lowest BCUT2D eigenvalue weighted by atomic mass is 10.3. The van der Waals surface area contributed by atoms with Crippen molar-refractivity contribution in [2.45, 2.75) is 4.21 Å². The second-order valence-electron chi connectivity index (χ2n) is 3.12. The van der Waals surface area contributed by atoms with E-state index >= 15 is 0 Å². The number of benzene rings is 1. The molecule has 0 saturated heterocycles. The zero-order chi connectivity index (χ0) is 12.3. The number of rotatable bonds is 4. The smallest absolute Gasteiger partial charge is 0.348 e. The highest BCUT2D eigenvalue weighted by molar-refractivity contribution is 7.89. The molecule has 0 bridgehead atoms. The van der Waals surface area contributed by atoms with Crippen LogP contribution in [0.3, 0.4) is 0 Å². The Hall–Kier alpha value is -1.53. The van der Waals surface area contributed by atoms with Crippen LogP contribution in [0, 0.1) is 0 Å². The Balaban J connectivity index is 2.33. The zero-order valence-electron chi connectivity index (χ0n) is 8.99. The highest BCUT2D eigenvalue weighted by Crippen LogP contribution is 2.29. The quantitative estimate of drug-likeness (QED) is 0.801. The molecule has 90 valence electrons. The van der Waals surface area contributed by atoms with Crippen LogP contribution in [-0.4, -0.2) is 15.5 Å². The summed E-state index contributed by atoms with van der Waals surface area (Å²) in [6.45, 7) is 0. The Morgan fingerprint density at radius 2 is 1.76 bits per heavy atom. The van der Waals surface area contributed by atoms with E-state index in [1.165, 1.54) is 13.2 Å². The minimum absolute atomic E-state index is 0.170. The molecule has 0 aliphatic rings. The van der Waals surface area contributed by atoms with Gasteiger partial charge < -0.3 is 8.92 Å². The number of hydrogen-bond donors (Lipinski definition) is 0. The van der Waals surface area contributed by atoms with Crippen molar-refractivity contribution in [1.82, 2.24) is 0 Å². The van der Waals surface area contributed by atoms with Gasteiger partial charge in [-0.2, -0.15) is 8.42 Å². The van der Waals surface area contributed by atoms with Crippen LogP contribution in [0.15, 0.2) is 46.0 Å². The van der Waals surface area contributed by atoms with Crippen LogP contribution in [0.2, 0.25) is 0 Å². The van der Waals surface area contributed by atoms with Crippen LogP contribution in [0.25, 0.3) is 0 Å². The monoisotopic (exact) mass is 270 g/mol. The predicted octanol–water partition coefficient (Wildman–Crippen LogP) is 2.52. The fourth-order valence-electron chi connectivity index (χ4n) is 1.25. The molecule has 1 aromatic carbocycles. The molecule has 1 heterocycles. The molecule has 0 saturated carbocycles. The molecular formula is C11H10O4S2. The van der Waals surface area contributed by atoms with Crippen LogP contribution in [0.5, 0.6) is 11.5 Å². The first-order chi connectivity index (χ1) is 8.13. The van der Waals surface area contributed by atoms with E-state index in [2.05, 4.69) is 0 Å². The first kappa shape index (κ1) is 11.9. The van der Waals surface area contributed by atoms with Crippen LogP contribution >= 0.6 is 11.3 Å². The van der Waals surface area contributed by atoms with Gasteiger partial charge in [0.1, 0.15) is 0 Å². The summed E-state index contributed by atoms with van der Waals surface area (Å²) in [5, 5.41) is 1.68. The van der Waals surface area contributed by atoms with Gasteiger partial charge in [0.2, 0.25) is 0 Å². The van der Waals surface area contributed by atoms with Crippen molar-refractivity contribution in [3.05, 3.63) is 41.8 Å². The van der Waals surface area contributed by atoms with E-state index < -0.39 is 10.1 Å². The van der Waals surface area contributed by atoms with Crippen LogP contribution in [0.4, 0.5) is 0 Å². The van der Waals surface area contributed by atoms with Crippen LogP contribution < -0.4 is 8.92 Å². The molecule has 2 aromatic rings. The van der Waals surface area contributed by atoms with E-state index in [1.807, 2.05) is 0 Å². The SMILES string of the molecule is COc1ccccc1OS(=O)(=O)c1cccs1. The van der Waals surface area contributed by atoms with Gasteiger partial charge >= 0.3 is 10.1 Å². The lowest BCUT2D eigenvalue weighted by molar-refractivity contribution is 0.391. The molecule has 0 amide bonds. The third-order valence-electron chi connectivity index (χ3n) is 2.01. The Morgan fingerprint density at radius 3 is 2.35 bits per heavy atom. The summed E-state index contributed by atoms with van der Waals surface area (Å²) in [6.07, 6.45) is 0. The molecule has 0 unspecified atom stereocenters. The van der Waals surface area contributed by atoms with Crippen molar-refractivity contribution in [1.29, 1.82) is 0 Å². The second kappa shape index (κ2) is 4.77. The fourth-order valence-corrected chi connectivity index (χ4v) is 3.14. The summed E-state index contributed by atoms with van der Waals surface area (Å²) in [5.41, 5.74) is 0. The molecule has 4 nitrogen and oxygen atoms in total. The summed E-state index contributed by atoms with van der Waals surface area (Å²) in [4.78, 5) is 0. The largest absolute Gasteiger partial charge is 0.493 e. The molecule has 0 spiro atoms. The summed E-state index contributed by atoms with van der Waals surface area (Å²) in [7, 11) is -2.31. The Labute approximate surface area is 104 Å². The lowest BCUT2D eigenvalue weighted by Gasteiger charge is -2.08. The van der Waals surface area contributed by atoms with E-state index in [-0.39, 0.29) is 9.96 Å². The van der Waals surface area contributed by atoms with Crippen molar-refractivity contribution in [2.24, 2.45) is 0 Å². The zero-order valence-corrected chi connectivity index (χ0v) is 10.6. The van der Waals surface area contributed by atoms with Crippen LogP contribution in [-0.2, 0) is 10.1 Å². The van der Waals surface area contributed by atoms with Gasteiger partial charge in [-0.15, -0.1) is 11.3 Å². The number of ether oxygens (including phenoxy) is 1. The highest BCUT2D eigenvalue weighted by Gasteiger charge is 2.19. The van der Waals surface area contributed by atoms with Crippen molar-refractivity contribution in [2.75, 3.05) is 7.11 Å². The molecule has 0 fully saturated rings. The van der Waals surface area contributed by atoms with Crippen molar-refractivity contribution < 1.29 is 17.3 Å². The Kier molecular flexibility index (Phi) is 3.35. The van der Waals surface area contributed by atoms with Crippen molar-refractivity contribution >= 4 is 21.5 Å². The fraction of sp³-hybridized carbons (Fsp3) is 0.0909. The van der Waals surface area contributed by atoms with Gasteiger partial charge in [0.25, 0.3) is 0 Å². The van der Waals surface area contributed by atoms with Crippen molar-refractivity contribution in [3.8, 4) is 11.5 Å². The topological polar surface area (TPSA) is 52.6 Å². The predicted molar refractivity (Wildman–Crippen MR) is 65.1 cm³/mol. The van der Waals surface area contributed by atoms with Crippen LogP contribution in [0.1, 0.15) is 0 Å². The molecule has 0 radical (unpaired) electrons. The minimum atomic E-state index is -3.76. The van der Waals surface area contributed by atoms with E-state index in [0.29, 0.717) is 5.75 Å². The number of hydrogen-bond acceptors (Lipinski definition) is 5. The average molecular weight is 270 g/mol. The number of para-hydroxylation sites is 2. The molecule has 0 aliphatic carbocycles. The second-order valence-corrected chi connectivity index (χ2v) is 5.84. The Bertz CT molecular complexity index is 588. The molecule has 6 heteroatoms. The summed E-state index contributed by atoms with van der Waals surface area (Å²) >= 11 is 1.11. The minimum Gasteiger partial charge on any atom is -0.493 e. The average Bonchev–Trinajstić information content (AvgIpc) is 2.83. The number of methoxy groups -OCH3 is 1. The molecule has 0 N–H and O–H groups in total. The van der Waals surface area contributed by atoms with Gasteiger partial charge in [0.05, 0.1) is 7.11 Å². The van der Waals surface area contributed by atoms with Crippen molar-refractivity contribution in [3.63, 3.8) is 0 Å². The molecule has 1 aromatic heterocycles. The number of thiophene rings is 1. The van der Waals surface area contributed by atoms with Gasteiger partial charge in [-0.25, -0.2) is 0 Å². The van der Waals surface area contributed by atoms with Gasteiger partial charge in [-0.1, -0.05) is 18.2 Å². The third kappa shape index (κ3) is 2.59. The van der Waals surface area contributed by atoms with E-state index in [9.17, 15) is 8.42 Å². The maximum absolute atomic E-state index is 11.9. The summed E-state index contributed by atoms with van der Waals surface area (Å²) in [6, 6.07) is 9.76. The Morgan fingerprint density at radius 1 is 1.06 bits per heavy atom. The first-order valence-electron chi connectivity index (χ1n) is 4.74. The summed E-state index contributed by atoms with van der Waals surface area (Å²) in [5.74, 6) is 0.566. The van der Waals surface area contributed by atoms with E-state index in [0.717, 1.165) is 11.3 Å². The molecular weight excluding hydrogens is 260 g/mol. The van der Waals surface area contributed by atoms with E-state index in [4.69, 9.17) is 8.92 Å². The van der Waals surface area contributed by atoms with Gasteiger partial charge in [0, 0.05) is 0 Å². The van der Waals surface area contributed by atoms with Gasteiger partial charge in [-0.05, 0) is 23.6 Å². The van der Waals surface area contributed by atoms with Gasteiger partial charge in [0.15, 0.2) is 15.7 Å². The standard InChI is InChI=1S/C11H10O4S2/c1-14-9-5-2-3-6-10(9)15-17(12,13)11-7-4-8-16-11/h2-8H,1H3. The lowest BCUT2D eigenvalue weighted by Crippen LogP contribution is -2.08. The first-order valence-corrected chi connectivity index (χ1v) is 7.03. The maximum atomic E-state index is 11.9. The molecule has 17 heavy (non-hydrogen) atoms. The summed E-state index contributed by atoms with van der Waals surface area (Å²) < 4.78 is 33.9. The molecule has 2 rings (SSSR count). The van der Waals surface area contributed by atoms with Gasteiger partial charge in [-0.3, -0.25) is 0 Å². The normalized spacial score (nSPS) is 11.1. The third-order valence-corrected chi connectivity index (χ3v) is 4.60. The molecule has 0 aliphatic heterocycles.